The zero-order chi connectivity index (χ0) is 13.2. The Kier molecular flexibility index (Phi) is 4.68. The van der Waals surface area contributed by atoms with Crippen molar-refractivity contribution in [2.45, 2.75) is 52.6 Å². The molecule has 2 aliphatic heterocycles. The van der Waals surface area contributed by atoms with E-state index in [-0.39, 0.29) is 0 Å². The van der Waals surface area contributed by atoms with Crippen LogP contribution in [0.2, 0.25) is 0 Å². The summed E-state index contributed by atoms with van der Waals surface area (Å²) in [4.78, 5) is 5.42. The molecule has 0 aromatic heterocycles. The Hall–Kier alpha value is -0.120. The van der Waals surface area contributed by atoms with E-state index < -0.39 is 0 Å². The van der Waals surface area contributed by atoms with Crippen LogP contribution in [0.25, 0.3) is 0 Å². The first-order valence-electron chi connectivity index (χ1n) is 7.73. The van der Waals surface area contributed by atoms with Gasteiger partial charge in [-0.15, -0.1) is 0 Å². The number of hydrogen-bond acceptors (Lipinski definition) is 3. The van der Waals surface area contributed by atoms with Gasteiger partial charge in [-0.05, 0) is 31.7 Å². The molecule has 2 heterocycles. The molecule has 2 rings (SSSR count). The zero-order valence-corrected chi connectivity index (χ0v) is 12.7. The Balaban J connectivity index is 1.98. The summed E-state index contributed by atoms with van der Waals surface area (Å²) in [5, 5.41) is 3.47. The van der Waals surface area contributed by atoms with E-state index in [1.54, 1.807) is 0 Å². The van der Waals surface area contributed by atoms with Gasteiger partial charge in [0.2, 0.25) is 0 Å². The molecule has 0 bridgehead atoms. The van der Waals surface area contributed by atoms with Crippen LogP contribution < -0.4 is 5.32 Å². The summed E-state index contributed by atoms with van der Waals surface area (Å²) in [5.41, 5.74) is 0.430. The Morgan fingerprint density at radius 1 is 1.22 bits per heavy atom. The average Bonchev–Trinajstić information content (AvgIpc) is 2.37. The number of hydrogen-bond donors (Lipinski definition) is 1. The largest absolute Gasteiger partial charge is 0.314 e. The quantitative estimate of drug-likeness (QED) is 0.827. The molecule has 0 radical (unpaired) electrons. The van der Waals surface area contributed by atoms with Crippen LogP contribution in [0.15, 0.2) is 0 Å². The summed E-state index contributed by atoms with van der Waals surface area (Å²) >= 11 is 0. The summed E-state index contributed by atoms with van der Waals surface area (Å²) in [6.45, 7) is 17.0. The van der Waals surface area contributed by atoms with Gasteiger partial charge in [0.1, 0.15) is 0 Å². The Morgan fingerprint density at radius 2 is 1.89 bits per heavy atom. The van der Waals surface area contributed by atoms with Crippen molar-refractivity contribution in [3.8, 4) is 0 Å². The van der Waals surface area contributed by atoms with Crippen LogP contribution in [0, 0.1) is 5.41 Å². The van der Waals surface area contributed by atoms with Crippen LogP contribution in [0.3, 0.4) is 0 Å². The molecule has 2 atom stereocenters. The number of rotatable bonds is 3. The maximum atomic E-state index is 3.47. The van der Waals surface area contributed by atoms with Crippen molar-refractivity contribution >= 4 is 0 Å². The van der Waals surface area contributed by atoms with Gasteiger partial charge in [0.15, 0.2) is 0 Å². The lowest BCUT2D eigenvalue weighted by molar-refractivity contribution is -0.0127. The van der Waals surface area contributed by atoms with E-state index in [1.165, 1.54) is 52.1 Å². The lowest BCUT2D eigenvalue weighted by Crippen LogP contribution is -2.60. The third-order valence-corrected chi connectivity index (χ3v) is 5.01. The number of likely N-dealkylation sites (tertiary alicyclic amines) is 1. The third kappa shape index (κ3) is 3.06. The van der Waals surface area contributed by atoms with Crippen molar-refractivity contribution in [3.63, 3.8) is 0 Å². The maximum absolute atomic E-state index is 3.47. The highest BCUT2D eigenvalue weighted by Gasteiger charge is 2.40. The summed E-state index contributed by atoms with van der Waals surface area (Å²) in [6, 6.07) is 1.52. The lowest BCUT2D eigenvalue weighted by Gasteiger charge is -2.51. The maximum Gasteiger partial charge on any atom is 0.0172 e. The molecule has 3 nitrogen and oxygen atoms in total. The van der Waals surface area contributed by atoms with Gasteiger partial charge in [-0.2, -0.15) is 0 Å². The molecule has 106 valence electrons. The molecule has 0 aliphatic carbocycles. The molecule has 2 unspecified atom stereocenters. The smallest absolute Gasteiger partial charge is 0.0172 e. The molecule has 0 spiro atoms. The van der Waals surface area contributed by atoms with Crippen LogP contribution in [0.4, 0.5) is 0 Å². The van der Waals surface area contributed by atoms with Gasteiger partial charge in [-0.1, -0.05) is 20.8 Å². The second-order valence-electron chi connectivity index (χ2n) is 6.81. The number of piperidine rings is 1. The second-order valence-corrected chi connectivity index (χ2v) is 6.81. The van der Waals surface area contributed by atoms with Gasteiger partial charge in [-0.25, -0.2) is 0 Å². The Bertz CT molecular complexity index is 258. The van der Waals surface area contributed by atoms with E-state index in [4.69, 9.17) is 0 Å². The fourth-order valence-corrected chi connectivity index (χ4v) is 3.69. The first kappa shape index (κ1) is 14.3. The monoisotopic (exact) mass is 253 g/mol. The van der Waals surface area contributed by atoms with Crippen molar-refractivity contribution in [2.24, 2.45) is 5.41 Å². The highest BCUT2D eigenvalue weighted by Crippen LogP contribution is 2.34. The summed E-state index contributed by atoms with van der Waals surface area (Å²) in [6.07, 6.45) is 2.62. The molecular formula is C15H31N3. The molecule has 0 aromatic carbocycles. The molecular weight excluding hydrogens is 222 g/mol. The van der Waals surface area contributed by atoms with Crippen molar-refractivity contribution in [1.29, 1.82) is 0 Å². The average molecular weight is 253 g/mol. The number of nitrogens with one attached hydrogen (secondary N) is 1. The van der Waals surface area contributed by atoms with Gasteiger partial charge in [0.05, 0.1) is 0 Å². The van der Waals surface area contributed by atoms with E-state index in [2.05, 4.69) is 42.8 Å². The first-order valence-corrected chi connectivity index (χ1v) is 7.73. The minimum Gasteiger partial charge on any atom is -0.314 e. The van der Waals surface area contributed by atoms with Gasteiger partial charge in [0, 0.05) is 44.8 Å². The molecule has 18 heavy (non-hydrogen) atoms. The van der Waals surface area contributed by atoms with E-state index in [1.807, 2.05) is 0 Å². The fraction of sp³-hybridized carbons (Fsp3) is 1.00. The van der Waals surface area contributed by atoms with Gasteiger partial charge in [0.25, 0.3) is 0 Å². The molecule has 0 saturated carbocycles. The summed E-state index contributed by atoms with van der Waals surface area (Å²) in [7, 11) is 0. The molecule has 0 amide bonds. The summed E-state index contributed by atoms with van der Waals surface area (Å²) < 4.78 is 0. The Morgan fingerprint density at radius 3 is 2.44 bits per heavy atom. The molecule has 2 fully saturated rings. The van der Waals surface area contributed by atoms with Crippen molar-refractivity contribution in [1.82, 2.24) is 15.1 Å². The van der Waals surface area contributed by atoms with Crippen LogP contribution in [0.5, 0.6) is 0 Å². The van der Waals surface area contributed by atoms with Crippen molar-refractivity contribution in [2.75, 3.05) is 39.3 Å². The standard InChI is InChI=1S/C15H31N3/c1-5-13(2)18-9-6-14(15(3,4)12-18)17-10-7-16-8-11-17/h13-14,16H,5-12H2,1-4H3. The predicted molar refractivity (Wildman–Crippen MR) is 78.0 cm³/mol. The molecule has 2 aliphatic rings. The zero-order valence-electron chi connectivity index (χ0n) is 12.7. The minimum atomic E-state index is 0.430. The van der Waals surface area contributed by atoms with Crippen molar-refractivity contribution < 1.29 is 0 Å². The molecule has 2 saturated heterocycles. The predicted octanol–water partition coefficient (Wildman–Crippen LogP) is 1.79. The topological polar surface area (TPSA) is 18.5 Å². The lowest BCUT2D eigenvalue weighted by atomic mass is 9.77. The minimum absolute atomic E-state index is 0.430. The molecule has 0 aromatic rings. The first-order chi connectivity index (χ1) is 8.54. The highest BCUT2D eigenvalue weighted by molar-refractivity contribution is 4.95. The van der Waals surface area contributed by atoms with Gasteiger partial charge in [-0.3, -0.25) is 4.90 Å². The normalized spacial score (nSPS) is 32.3. The number of piperazine rings is 1. The van der Waals surface area contributed by atoms with Crippen LogP contribution >= 0.6 is 0 Å². The van der Waals surface area contributed by atoms with E-state index >= 15 is 0 Å². The summed E-state index contributed by atoms with van der Waals surface area (Å²) in [5.74, 6) is 0. The van der Waals surface area contributed by atoms with Crippen LogP contribution in [0.1, 0.15) is 40.5 Å². The van der Waals surface area contributed by atoms with Crippen LogP contribution in [-0.4, -0.2) is 61.2 Å². The third-order valence-electron chi connectivity index (χ3n) is 5.01. The second kappa shape index (κ2) is 5.89. The van der Waals surface area contributed by atoms with Gasteiger partial charge < -0.3 is 10.2 Å². The SMILES string of the molecule is CCC(C)N1CCC(N2CCNCC2)C(C)(C)C1. The van der Waals surface area contributed by atoms with E-state index in [9.17, 15) is 0 Å². The fourth-order valence-electron chi connectivity index (χ4n) is 3.69. The highest BCUT2D eigenvalue weighted by atomic mass is 15.3. The van der Waals surface area contributed by atoms with Gasteiger partial charge >= 0.3 is 0 Å². The van der Waals surface area contributed by atoms with Crippen molar-refractivity contribution in [3.05, 3.63) is 0 Å². The van der Waals surface area contributed by atoms with E-state index in [0.29, 0.717) is 5.41 Å². The molecule has 1 N–H and O–H groups in total. The van der Waals surface area contributed by atoms with Crippen LogP contribution in [-0.2, 0) is 0 Å². The molecule has 3 heteroatoms. The number of nitrogens with zero attached hydrogens (tertiary/aromatic N) is 2. The Labute approximate surface area is 113 Å². The van der Waals surface area contributed by atoms with E-state index in [0.717, 1.165) is 12.1 Å².